The standard InChI is InChI=1S/C18H23NO5/c1-2-22-17(20)11-10-16-15(24-16)9-6-12-19-18(21)23-13-14-7-4-3-5-8-14/h3-5,7-8,10-11,15-16H,2,6,9,12-13H2,1H3,(H,19,21)/b11-10+/t15-,16+/m1/s1. The van der Waals surface area contributed by atoms with E-state index in [0.29, 0.717) is 13.2 Å². The van der Waals surface area contributed by atoms with E-state index < -0.39 is 6.09 Å². The molecule has 0 saturated carbocycles. The number of alkyl carbamates (subject to hydrolysis) is 1. The van der Waals surface area contributed by atoms with Crippen molar-refractivity contribution in [2.75, 3.05) is 13.2 Å². The summed E-state index contributed by atoms with van der Waals surface area (Å²) in [6.07, 6.45) is 4.37. The molecule has 6 nitrogen and oxygen atoms in total. The molecule has 1 aromatic rings. The molecule has 1 saturated heterocycles. The minimum atomic E-state index is -0.422. The van der Waals surface area contributed by atoms with Gasteiger partial charge in [-0.05, 0) is 31.4 Å². The van der Waals surface area contributed by atoms with Gasteiger partial charge in [0.2, 0.25) is 0 Å². The number of ether oxygens (including phenoxy) is 3. The first-order chi connectivity index (χ1) is 11.7. The molecule has 2 atom stereocenters. The number of carbonyl (C=O) groups excluding carboxylic acids is 2. The van der Waals surface area contributed by atoms with Gasteiger partial charge in [0.25, 0.3) is 0 Å². The van der Waals surface area contributed by atoms with E-state index in [9.17, 15) is 9.59 Å². The predicted octanol–water partition coefficient (Wildman–Crippen LogP) is 2.58. The lowest BCUT2D eigenvalue weighted by molar-refractivity contribution is -0.137. The van der Waals surface area contributed by atoms with E-state index in [1.165, 1.54) is 6.08 Å². The van der Waals surface area contributed by atoms with Gasteiger partial charge in [0.1, 0.15) is 12.7 Å². The van der Waals surface area contributed by atoms with Gasteiger partial charge in [0.15, 0.2) is 0 Å². The number of benzene rings is 1. The molecule has 1 N–H and O–H groups in total. The average Bonchev–Trinajstić information content (AvgIpc) is 3.35. The van der Waals surface area contributed by atoms with E-state index >= 15 is 0 Å². The maximum absolute atomic E-state index is 11.6. The molecule has 130 valence electrons. The smallest absolute Gasteiger partial charge is 0.407 e. The summed E-state index contributed by atoms with van der Waals surface area (Å²) in [5.74, 6) is -0.352. The molecule has 0 spiro atoms. The highest BCUT2D eigenvalue weighted by Gasteiger charge is 2.35. The lowest BCUT2D eigenvalue weighted by atomic mass is 10.2. The number of amides is 1. The van der Waals surface area contributed by atoms with Crippen molar-refractivity contribution in [3.05, 3.63) is 48.0 Å². The number of nitrogens with one attached hydrogen (secondary N) is 1. The van der Waals surface area contributed by atoms with Gasteiger partial charge < -0.3 is 19.5 Å². The molecule has 0 unspecified atom stereocenters. The maximum atomic E-state index is 11.6. The van der Waals surface area contributed by atoms with Crippen LogP contribution in [0.2, 0.25) is 0 Å². The number of esters is 1. The summed E-state index contributed by atoms with van der Waals surface area (Å²) in [5.41, 5.74) is 0.954. The molecule has 24 heavy (non-hydrogen) atoms. The van der Waals surface area contributed by atoms with Crippen LogP contribution >= 0.6 is 0 Å². The van der Waals surface area contributed by atoms with Crippen molar-refractivity contribution in [2.24, 2.45) is 0 Å². The molecule has 1 aliphatic heterocycles. The largest absolute Gasteiger partial charge is 0.463 e. The number of rotatable bonds is 9. The third kappa shape index (κ3) is 6.83. The molecule has 0 aliphatic carbocycles. The van der Waals surface area contributed by atoms with Crippen LogP contribution in [0.4, 0.5) is 4.79 Å². The summed E-state index contributed by atoms with van der Waals surface area (Å²) in [6.45, 7) is 2.92. The van der Waals surface area contributed by atoms with Gasteiger partial charge in [-0.1, -0.05) is 30.3 Å². The van der Waals surface area contributed by atoms with Gasteiger partial charge in [-0.2, -0.15) is 0 Å². The van der Waals surface area contributed by atoms with E-state index in [1.54, 1.807) is 13.0 Å². The van der Waals surface area contributed by atoms with Crippen LogP contribution in [0.3, 0.4) is 0 Å². The zero-order valence-corrected chi connectivity index (χ0v) is 13.8. The summed E-state index contributed by atoms with van der Waals surface area (Å²) in [7, 11) is 0. The van der Waals surface area contributed by atoms with E-state index in [1.807, 2.05) is 30.3 Å². The minimum Gasteiger partial charge on any atom is -0.463 e. The van der Waals surface area contributed by atoms with E-state index in [4.69, 9.17) is 14.2 Å². The molecule has 1 heterocycles. The Labute approximate surface area is 141 Å². The Morgan fingerprint density at radius 2 is 2.04 bits per heavy atom. The SMILES string of the molecule is CCOC(=O)/C=C/[C@@H]1O[C@@H]1CCCNC(=O)OCc1ccccc1. The van der Waals surface area contributed by atoms with Crippen LogP contribution in [0, 0.1) is 0 Å². The Morgan fingerprint density at radius 3 is 2.79 bits per heavy atom. The van der Waals surface area contributed by atoms with Gasteiger partial charge in [0, 0.05) is 12.6 Å². The molecule has 0 bridgehead atoms. The van der Waals surface area contributed by atoms with Gasteiger partial charge >= 0.3 is 12.1 Å². The van der Waals surface area contributed by atoms with Crippen LogP contribution in [0.1, 0.15) is 25.3 Å². The molecule has 1 aromatic carbocycles. The van der Waals surface area contributed by atoms with Crippen molar-refractivity contribution in [3.63, 3.8) is 0 Å². The van der Waals surface area contributed by atoms with E-state index in [-0.39, 0.29) is 24.8 Å². The van der Waals surface area contributed by atoms with Crippen LogP contribution in [-0.4, -0.2) is 37.4 Å². The summed E-state index contributed by atoms with van der Waals surface area (Å²) in [6, 6.07) is 9.53. The van der Waals surface area contributed by atoms with Gasteiger partial charge in [-0.3, -0.25) is 0 Å². The van der Waals surface area contributed by atoms with Gasteiger partial charge in [-0.25, -0.2) is 9.59 Å². The van der Waals surface area contributed by atoms with Crippen molar-refractivity contribution in [1.29, 1.82) is 0 Å². The van der Waals surface area contributed by atoms with Crippen LogP contribution in [0.15, 0.2) is 42.5 Å². The first-order valence-electron chi connectivity index (χ1n) is 8.14. The summed E-state index contributed by atoms with van der Waals surface area (Å²) >= 11 is 0. The fourth-order valence-electron chi connectivity index (χ4n) is 2.19. The Hall–Kier alpha value is -2.34. The highest BCUT2D eigenvalue weighted by molar-refractivity contribution is 5.82. The molecule has 2 rings (SSSR count). The molecular weight excluding hydrogens is 310 g/mol. The van der Waals surface area contributed by atoms with E-state index in [2.05, 4.69) is 5.32 Å². The number of carbonyl (C=O) groups is 2. The zero-order valence-electron chi connectivity index (χ0n) is 13.8. The number of hydrogen-bond acceptors (Lipinski definition) is 5. The van der Waals surface area contributed by atoms with Crippen molar-refractivity contribution in [3.8, 4) is 0 Å². The third-order valence-corrected chi connectivity index (χ3v) is 3.48. The highest BCUT2D eigenvalue weighted by atomic mass is 16.6. The molecule has 1 fully saturated rings. The van der Waals surface area contributed by atoms with Crippen LogP contribution in [-0.2, 0) is 25.6 Å². The lowest BCUT2D eigenvalue weighted by Gasteiger charge is -2.06. The molecule has 1 aliphatic rings. The van der Waals surface area contributed by atoms with E-state index in [0.717, 1.165) is 18.4 Å². The van der Waals surface area contributed by atoms with Crippen molar-refractivity contribution in [2.45, 2.75) is 38.6 Å². The molecule has 6 heteroatoms. The Bertz CT molecular complexity index is 558. The molecule has 0 radical (unpaired) electrons. The fourth-order valence-corrected chi connectivity index (χ4v) is 2.19. The summed E-state index contributed by atoms with van der Waals surface area (Å²) < 4.78 is 15.3. The highest BCUT2D eigenvalue weighted by Crippen LogP contribution is 2.27. The summed E-state index contributed by atoms with van der Waals surface area (Å²) in [5, 5.41) is 2.71. The second-order valence-corrected chi connectivity index (χ2v) is 5.38. The van der Waals surface area contributed by atoms with Crippen molar-refractivity contribution < 1.29 is 23.8 Å². The third-order valence-electron chi connectivity index (χ3n) is 3.48. The number of hydrogen-bond donors (Lipinski definition) is 1. The quantitative estimate of drug-likeness (QED) is 0.325. The Kier molecular flexibility index (Phi) is 7.29. The van der Waals surface area contributed by atoms with Crippen molar-refractivity contribution in [1.82, 2.24) is 5.32 Å². The first kappa shape index (κ1) is 18.0. The Balaban J connectivity index is 1.50. The maximum Gasteiger partial charge on any atom is 0.407 e. The van der Waals surface area contributed by atoms with Crippen molar-refractivity contribution >= 4 is 12.1 Å². The molecular formula is C18H23NO5. The summed E-state index contributed by atoms with van der Waals surface area (Å²) in [4.78, 5) is 22.7. The topological polar surface area (TPSA) is 77.2 Å². The second kappa shape index (κ2) is 9.72. The first-order valence-corrected chi connectivity index (χ1v) is 8.14. The van der Waals surface area contributed by atoms with Gasteiger partial charge in [-0.15, -0.1) is 0 Å². The normalized spacial score (nSPS) is 19.0. The van der Waals surface area contributed by atoms with Gasteiger partial charge in [0.05, 0.1) is 12.7 Å². The molecule has 1 amide bonds. The lowest BCUT2D eigenvalue weighted by Crippen LogP contribution is -2.25. The van der Waals surface area contributed by atoms with Crippen LogP contribution in [0.5, 0.6) is 0 Å². The number of epoxide rings is 1. The van der Waals surface area contributed by atoms with Crippen LogP contribution < -0.4 is 5.32 Å². The van der Waals surface area contributed by atoms with Crippen LogP contribution in [0.25, 0.3) is 0 Å². The Morgan fingerprint density at radius 1 is 1.25 bits per heavy atom. The molecule has 0 aromatic heterocycles. The zero-order chi connectivity index (χ0) is 17.2. The average molecular weight is 333 g/mol. The second-order valence-electron chi connectivity index (χ2n) is 5.38. The minimum absolute atomic E-state index is 0.0283. The monoisotopic (exact) mass is 333 g/mol. The predicted molar refractivity (Wildman–Crippen MR) is 88.3 cm³/mol. The fraction of sp³-hybridized carbons (Fsp3) is 0.444.